The number of hydrogen-bond acceptors (Lipinski definition) is 7. The van der Waals surface area contributed by atoms with Gasteiger partial charge in [-0.25, -0.2) is 0 Å². The van der Waals surface area contributed by atoms with Crippen molar-refractivity contribution in [2.75, 3.05) is 21.3 Å². The second-order valence-electron chi connectivity index (χ2n) is 6.28. The van der Waals surface area contributed by atoms with E-state index in [1.54, 1.807) is 30.3 Å². The number of methoxy groups -OCH3 is 3. The lowest BCUT2D eigenvalue weighted by Gasteiger charge is -2.15. The van der Waals surface area contributed by atoms with Crippen LogP contribution in [0, 0.1) is 6.92 Å². The van der Waals surface area contributed by atoms with Gasteiger partial charge in [0.25, 0.3) is 11.8 Å². The molecule has 0 atom stereocenters. The zero-order valence-electron chi connectivity index (χ0n) is 16.8. The molecule has 156 valence electrons. The Hall–Kier alpha value is -3.04. The standard InChI is InChI=1S/C21H20N2O5S2/c1-12-5-7-14(8-6-12)19(24)22-23-20(25)17(30-21(23)29)11-13-9-15(26-2)18(28-4)16(10-13)27-3/h5-11H,1-4H3,(H,22,24). The molecule has 1 aliphatic heterocycles. The summed E-state index contributed by atoms with van der Waals surface area (Å²) in [6.07, 6.45) is 1.65. The van der Waals surface area contributed by atoms with Crippen LogP contribution in [0.15, 0.2) is 41.3 Å². The van der Waals surface area contributed by atoms with Crippen LogP contribution >= 0.6 is 24.0 Å². The molecule has 1 N–H and O–H groups in total. The Labute approximate surface area is 184 Å². The largest absolute Gasteiger partial charge is 0.493 e. The molecule has 30 heavy (non-hydrogen) atoms. The van der Waals surface area contributed by atoms with Gasteiger partial charge in [0.1, 0.15) is 0 Å². The number of nitrogens with one attached hydrogen (secondary N) is 1. The topological polar surface area (TPSA) is 77.1 Å². The second kappa shape index (κ2) is 9.19. The fourth-order valence-electron chi connectivity index (χ4n) is 2.77. The number of ether oxygens (including phenoxy) is 3. The fraction of sp³-hybridized carbons (Fsp3) is 0.190. The minimum atomic E-state index is -0.417. The van der Waals surface area contributed by atoms with Gasteiger partial charge in [-0.2, -0.15) is 5.01 Å². The maximum Gasteiger partial charge on any atom is 0.285 e. The maximum atomic E-state index is 12.8. The van der Waals surface area contributed by atoms with Crippen molar-refractivity contribution in [2.45, 2.75) is 6.92 Å². The molecule has 0 saturated carbocycles. The van der Waals surface area contributed by atoms with Crippen LogP contribution in [0.4, 0.5) is 0 Å². The third kappa shape index (κ3) is 4.42. The highest BCUT2D eigenvalue weighted by atomic mass is 32.2. The Bertz CT molecular complexity index is 1010. The van der Waals surface area contributed by atoms with Crippen LogP contribution in [0.25, 0.3) is 6.08 Å². The summed E-state index contributed by atoms with van der Waals surface area (Å²) in [5, 5.41) is 1.08. The number of hydrogen-bond donors (Lipinski definition) is 1. The molecule has 2 amide bonds. The van der Waals surface area contributed by atoms with E-state index in [4.69, 9.17) is 26.4 Å². The van der Waals surface area contributed by atoms with E-state index in [-0.39, 0.29) is 4.32 Å². The number of thioether (sulfide) groups is 1. The molecular weight excluding hydrogens is 424 g/mol. The van der Waals surface area contributed by atoms with E-state index in [9.17, 15) is 9.59 Å². The smallest absolute Gasteiger partial charge is 0.285 e. The van der Waals surface area contributed by atoms with Crippen LogP contribution in [-0.4, -0.2) is 42.5 Å². The van der Waals surface area contributed by atoms with Crippen molar-refractivity contribution in [3.63, 3.8) is 0 Å². The van der Waals surface area contributed by atoms with E-state index in [1.165, 1.54) is 21.3 Å². The zero-order chi connectivity index (χ0) is 21.8. The molecule has 0 aliphatic carbocycles. The third-order valence-corrected chi connectivity index (χ3v) is 5.61. The van der Waals surface area contributed by atoms with E-state index in [2.05, 4.69) is 5.43 Å². The molecule has 0 spiro atoms. The predicted octanol–water partition coefficient (Wildman–Crippen LogP) is 3.57. The first kappa shape index (κ1) is 21.7. The van der Waals surface area contributed by atoms with Gasteiger partial charge in [0.15, 0.2) is 15.8 Å². The van der Waals surface area contributed by atoms with Crippen LogP contribution in [0.1, 0.15) is 21.5 Å². The molecule has 2 aromatic carbocycles. The number of thiocarbonyl (C=S) groups is 1. The summed E-state index contributed by atoms with van der Waals surface area (Å²) in [6, 6.07) is 10.5. The highest BCUT2D eigenvalue weighted by Gasteiger charge is 2.34. The third-order valence-electron chi connectivity index (χ3n) is 4.31. The lowest BCUT2D eigenvalue weighted by Crippen LogP contribution is -2.44. The minimum absolute atomic E-state index is 0.235. The van der Waals surface area contributed by atoms with Crippen molar-refractivity contribution in [2.24, 2.45) is 0 Å². The number of benzene rings is 2. The quantitative estimate of drug-likeness (QED) is 0.539. The summed E-state index contributed by atoms with van der Waals surface area (Å²) < 4.78 is 16.2. The number of amides is 2. The number of carbonyl (C=O) groups excluding carboxylic acids is 2. The summed E-state index contributed by atoms with van der Waals surface area (Å²) in [5.74, 6) is 0.548. The maximum absolute atomic E-state index is 12.8. The first-order chi connectivity index (χ1) is 14.4. The Morgan fingerprint density at radius 1 is 1.07 bits per heavy atom. The first-order valence-electron chi connectivity index (χ1n) is 8.83. The average molecular weight is 445 g/mol. The average Bonchev–Trinajstić information content (AvgIpc) is 3.00. The highest BCUT2D eigenvalue weighted by Crippen LogP contribution is 2.40. The molecule has 2 aromatic rings. The monoisotopic (exact) mass is 444 g/mol. The van der Waals surface area contributed by atoms with E-state index >= 15 is 0 Å². The zero-order valence-corrected chi connectivity index (χ0v) is 18.5. The van der Waals surface area contributed by atoms with Crippen molar-refractivity contribution in [3.8, 4) is 17.2 Å². The van der Waals surface area contributed by atoms with E-state index < -0.39 is 11.8 Å². The van der Waals surface area contributed by atoms with Crippen molar-refractivity contribution in [1.82, 2.24) is 10.4 Å². The molecule has 1 fully saturated rings. The van der Waals surface area contributed by atoms with Crippen LogP contribution in [-0.2, 0) is 4.79 Å². The van der Waals surface area contributed by atoms with Crippen LogP contribution in [0.2, 0.25) is 0 Å². The lowest BCUT2D eigenvalue weighted by molar-refractivity contribution is -0.123. The van der Waals surface area contributed by atoms with E-state index in [0.717, 1.165) is 22.3 Å². The highest BCUT2D eigenvalue weighted by molar-refractivity contribution is 8.26. The minimum Gasteiger partial charge on any atom is -0.493 e. The van der Waals surface area contributed by atoms with Crippen molar-refractivity contribution in [1.29, 1.82) is 0 Å². The number of rotatable bonds is 6. The van der Waals surface area contributed by atoms with Gasteiger partial charge < -0.3 is 14.2 Å². The van der Waals surface area contributed by atoms with Gasteiger partial charge >= 0.3 is 0 Å². The van der Waals surface area contributed by atoms with Crippen molar-refractivity contribution in [3.05, 3.63) is 58.0 Å². The van der Waals surface area contributed by atoms with Gasteiger partial charge in [-0.3, -0.25) is 15.0 Å². The molecule has 0 aromatic heterocycles. The molecule has 0 bridgehead atoms. The molecule has 0 radical (unpaired) electrons. The van der Waals surface area contributed by atoms with Gasteiger partial charge in [0, 0.05) is 5.56 Å². The summed E-state index contributed by atoms with van der Waals surface area (Å²) in [5.41, 5.74) is 4.69. The molecule has 0 unspecified atom stereocenters. The normalized spacial score (nSPS) is 14.8. The Balaban J connectivity index is 1.84. The molecular formula is C21H20N2O5S2. The van der Waals surface area contributed by atoms with Crippen LogP contribution in [0.5, 0.6) is 17.2 Å². The van der Waals surface area contributed by atoms with E-state index in [1.807, 2.05) is 19.1 Å². The number of carbonyl (C=O) groups is 2. The van der Waals surface area contributed by atoms with Gasteiger partial charge in [-0.15, -0.1) is 0 Å². The lowest BCUT2D eigenvalue weighted by atomic mass is 10.1. The summed E-state index contributed by atoms with van der Waals surface area (Å²) in [6.45, 7) is 1.93. The van der Waals surface area contributed by atoms with Crippen LogP contribution in [0.3, 0.4) is 0 Å². The van der Waals surface area contributed by atoms with Gasteiger partial charge in [0.2, 0.25) is 5.75 Å². The summed E-state index contributed by atoms with van der Waals surface area (Å²) in [4.78, 5) is 25.6. The molecule has 3 rings (SSSR count). The number of aryl methyl sites for hydroxylation is 1. The molecule has 7 nitrogen and oxygen atoms in total. The molecule has 1 heterocycles. The van der Waals surface area contributed by atoms with Gasteiger partial charge in [-0.1, -0.05) is 29.5 Å². The van der Waals surface area contributed by atoms with Crippen LogP contribution < -0.4 is 19.6 Å². The summed E-state index contributed by atoms with van der Waals surface area (Å²) >= 11 is 6.37. The second-order valence-corrected chi connectivity index (χ2v) is 7.96. The molecule has 1 saturated heterocycles. The molecule has 1 aliphatic rings. The van der Waals surface area contributed by atoms with E-state index in [0.29, 0.717) is 33.3 Å². The SMILES string of the molecule is COc1cc(C=C2SC(=S)N(NC(=O)c3ccc(C)cc3)C2=O)cc(OC)c1OC. The first-order valence-corrected chi connectivity index (χ1v) is 10.1. The predicted molar refractivity (Wildman–Crippen MR) is 120 cm³/mol. The molecule has 9 heteroatoms. The van der Waals surface area contributed by atoms with Gasteiger partial charge in [-0.05, 0) is 55.0 Å². The van der Waals surface area contributed by atoms with Crippen molar-refractivity contribution >= 4 is 46.2 Å². The van der Waals surface area contributed by atoms with Gasteiger partial charge in [0.05, 0.1) is 26.2 Å². The fourth-order valence-corrected chi connectivity index (χ4v) is 3.95. The number of hydrazine groups is 1. The Morgan fingerprint density at radius 3 is 2.20 bits per heavy atom. The Kier molecular flexibility index (Phi) is 6.63. The summed E-state index contributed by atoms with van der Waals surface area (Å²) in [7, 11) is 4.55. The van der Waals surface area contributed by atoms with Crippen molar-refractivity contribution < 1.29 is 23.8 Å². The Morgan fingerprint density at radius 2 is 1.67 bits per heavy atom. The number of nitrogens with zero attached hydrogens (tertiary/aromatic N) is 1.